The van der Waals surface area contributed by atoms with Gasteiger partial charge in [-0.1, -0.05) is 12.1 Å². The topological polar surface area (TPSA) is 45.2 Å². The third-order valence-electron chi connectivity index (χ3n) is 4.00. The molecule has 1 fully saturated rings. The smallest absolute Gasteiger partial charge is 0.225 e. The molecule has 1 aliphatic heterocycles. The zero-order valence-electron chi connectivity index (χ0n) is 12.4. The first kappa shape index (κ1) is 13.5. The molecular formula is C16H17N5S. The third-order valence-corrected chi connectivity index (χ3v) is 4.82. The standard InChI is InChI=1S/C16H17N5S/c1-12-6-7-17-16(18-12)21-10-8-20(9-11-21)15-13-4-2-3-5-14(13)22-19-15/h2-7H,8-11H2,1H3. The van der Waals surface area contributed by atoms with Crippen molar-refractivity contribution in [2.24, 2.45) is 0 Å². The molecule has 0 radical (unpaired) electrons. The molecule has 0 spiro atoms. The van der Waals surface area contributed by atoms with E-state index in [1.54, 1.807) is 11.5 Å². The molecule has 0 bridgehead atoms. The van der Waals surface area contributed by atoms with E-state index in [4.69, 9.17) is 0 Å². The van der Waals surface area contributed by atoms with Crippen LogP contribution in [0.15, 0.2) is 36.5 Å². The van der Waals surface area contributed by atoms with Gasteiger partial charge in [0.25, 0.3) is 0 Å². The summed E-state index contributed by atoms with van der Waals surface area (Å²) < 4.78 is 5.90. The largest absolute Gasteiger partial charge is 0.352 e. The molecule has 0 unspecified atom stereocenters. The fourth-order valence-corrected chi connectivity index (χ4v) is 3.60. The highest BCUT2D eigenvalue weighted by Gasteiger charge is 2.22. The molecule has 3 heterocycles. The van der Waals surface area contributed by atoms with Crippen molar-refractivity contribution < 1.29 is 0 Å². The van der Waals surface area contributed by atoms with Gasteiger partial charge in [0.05, 0.1) is 4.70 Å². The number of benzene rings is 1. The summed E-state index contributed by atoms with van der Waals surface area (Å²) in [6.07, 6.45) is 1.83. The molecule has 5 nitrogen and oxygen atoms in total. The Morgan fingerprint density at radius 1 is 1.00 bits per heavy atom. The van der Waals surface area contributed by atoms with E-state index < -0.39 is 0 Å². The van der Waals surface area contributed by atoms with Crippen LogP contribution >= 0.6 is 11.5 Å². The number of hydrogen-bond donors (Lipinski definition) is 0. The van der Waals surface area contributed by atoms with Crippen molar-refractivity contribution in [2.45, 2.75) is 6.92 Å². The van der Waals surface area contributed by atoms with Crippen molar-refractivity contribution >= 4 is 33.4 Å². The predicted octanol–water partition coefficient (Wildman–Crippen LogP) is 2.72. The Bertz CT molecular complexity index is 792. The number of fused-ring (bicyclic) bond motifs is 1. The van der Waals surface area contributed by atoms with Crippen LogP contribution in [0.3, 0.4) is 0 Å². The zero-order chi connectivity index (χ0) is 14.9. The van der Waals surface area contributed by atoms with E-state index in [1.807, 2.05) is 19.2 Å². The molecular weight excluding hydrogens is 294 g/mol. The maximum atomic E-state index is 4.65. The molecule has 112 valence electrons. The summed E-state index contributed by atoms with van der Waals surface area (Å²) in [5.41, 5.74) is 1.01. The second kappa shape index (κ2) is 5.53. The molecule has 22 heavy (non-hydrogen) atoms. The summed E-state index contributed by atoms with van der Waals surface area (Å²) in [4.78, 5) is 13.5. The molecule has 0 amide bonds. The van der Waals surface area contributed by atoms with E-state index in [9.17, 15) is 0 Å². The lowest BCUT2D eigenvalue weighted by Crippen LogP contribution is -2.47. The minimum atomic E-state index is 0.836. The average Bonchev–Trinajstić information content (AvgIpc) is 2.99. The number of aromatic nitrogens is 3. The second-order valence-corrected chi connectivity index (χ2v) is 6.28. The van der Waals surface area contributed by atoms with Crippen LogP contribution in [0.2, 0.25) is 0 Å². The van der Waals surface area contributed by atoms with Crippen molar-refractivity contribution in [2.75, 3.05) is 36.0 Å². The van der Waals surface area contributed by atoms with Crippen LogP contribution in [0.1, 0.15) is 5.69 Å². The highest BCUT2D eigenvalue weighted by molar-refractivity contribution is 7.13. The molecule has 2 aromatic heterocycles. The monoisotopic (exact) mass is 311 g/mol. The highest BCUT2D eigenvalue weighted by Crippen LogP contribution is 2.30. The van der Waals surface area contributed by atoms with Gasteiger partial charge in [0, 0.05) is 43.5 Å². The van der Waals surface area contributed by atoms with Gasteiger partial charge in [-0.05, 0) is 36.7 Å². The number of hydrogen-bond acceptors (Lipinski definition) is 6. The van der Waals surface area contributed by atoms with Crippen LogP contribution in [-0.4, -0.2) is 40.5 Å². The lowest BCUT2D eigenvalue weighted by Gasteiger charge is -2.35. The first-order valence-corrected chi connectivity index (χ1v) is 8.22. The number of rotatable bonds is 2. The van der Waals surface area contributed by atoms with Crippen molar-refractivity contribution in [1.82, 2.24) is 14.3 Å². The minimum Gasteiger partial charge on any atom is -0.352 e. The summed E-state index contributed by atoms with van der Waals surface area (Å²) in [6, 6.07) is 10.4. The van der Waals surface area contributed by atoms with Gasteiger partial charge in [0.1, 0.15) is 5.82 Å². The van der Waals surface area contributed by atoms with Gasteiger partial charge >= 0.3 is 0 Å². The van der Waals surface area contributed by atoms with Gasteiger partial charge in [-0.15, -0.1) is 0 Å². The molecule has 0 aliphatic carbocycles. The highest BCUT2D eigenvalue weighted by atomic mass is 32.1. The maximum absolute atomic E-state index is 4.65. The number of nitrogens with zero attached hydrogens (tertiary/aromatic N) is 5. The third kappa shape index (κ3) is 2.39. The van der Waals surface area contributed by atoms with E-state index in [0.29, 0.717) is 0 Å². The first-order chi connectivity index (χ1) is 10.8. The van der Waals surface area contributed by atoms with Crippen molar-refractivity contribution in [3.8, 4) is 0 Å². The number of aryl methyl sites for hydroxylation is 1. The molecule has 1 aliphatic rings. The van der Waals surface area contributed by atoms with Gasteiger partial charge in [-0.3, -0.25) is 0 Å². The fourth-order valence-electron chi connectivity index (χ4n) is 2.81. The molecule has 0 saturated carbocycles. The van der Waals surface area contributed by atoms with Crippen molar-refractivity contribution in [3.05, 3.63) is 42.2 Å². The Kier molecular flexibility index (Phi) is 3.38. The molecule has 1 aromatic carbocycles. The molecule has 4 rings (SSSR count). The Morgan fingerprint density at radius 2 is 1.77 bits per heavy atom. The van der Waals surface area contributed by atoms with Crippen LogP contribution in [0.4, 0.5) is 11.8 Å². The lowest BCUT2D eigenvalue weighted by atomic mass is 10.2. The van der Waals surface area contributed by atoms with E-state index in [1.165, 1.54) is 10.1 Å². The molecule has 0 N–H and O–H groups in total. The Hall–Kier alpha value is -2.21. The van der Waals surface area contributed by atoms with E-state index >= 15 is 0 Å². The quantitative estimate of drug-likeness (QED) is 0.728. The van der Waals surface area contributed by atoms with Gasteiger partial charge in [-0.25, -0.2) is 9.97 Å². The molecule has 6 heteroatoms. The van der Waals surface area contributed by atoms with Crippen LogP contribution in [0, 0.1) is 6.92 Å². The Morgan fingerprint density at radius 3 is 2.59 bits per heavy atom. The Labute approximate surface area is 133 Å². The Balaban J connectivity index is 1.52. The van der Waals surface area contributed by atoms with Crippen LogP contribution in [-0.2, 0) is 0 Å². The number of anilines is 2. The SMILES string of the molecule is Cc1ccnc(N2CCN(c3nsc4ccccc34)CC2)n1. The summed E-state index contributed by atoms with van der Waals surface area (Å²) in [5.74, 6) is 1.95. The number of piperazine rings is 1. The van der Waals surface area contributed by atoms with Crippen LogP contribution < -0.4 is 9.80 Å². The average molecular weight is 311 g/mol. The first-order valence-electron chi connectivity index (χ1n) is 7.45. The molecule has 3 aromatic rings. The summed E-state index contributed by atoms with van der Waals surface area (Å²) in [5, 5.41) is 1.26. The lowest BCUT2D eigenvalue weighted by molar-refractivity contribution is 0.637. The molecule has 0 atom stereocenters. The summed E-state index contributed by atoms with van der Waals surface area (Å²) in [6.45, 7) is 5.75. The fraction of sp³-hybridized carbons (Fsp3) is 0.312. The van der Waals surface area contributed by atoms with Gasteiger partial charge in [0.15, 0.2) is 0 Å². The van der Waals surface area contributed by atoms with E-state index in [-0.39, 0.29) is 0 Å². The molecule has 1 saturated heterocycles. The van der Waals surface area contributed by atoms with Crippen molar-refractivity contribution in [1.29, 1.82) is 0 Å². The predicted molar refractivity (Wildman–Crippen MR) is 90.8 cm³/mol. The van der Waals surface area contributed by atoms with E-state index in [2.05, 4.69) is 48.4 Å². The summed E-state index contributed by atoms with van der Waals surface area (Å²) in [7, 11) is 0. The van der Waals surface area contributed by atoms with E-state index in [0.717, 1.165) is 43.6 Å². The minimum absolute atomic E-state index is 0.836. The van der Waals surface area contributed by atoms with Crippen LogP contribution in [0.25, 0.3) is 10.1 Å². The van der Waals surface area contributed by atoms with Gasteiger partial charge in [0.2, 0.25) is 5.95 Å². The van der Waals surface area contributed by atoms with Crippen molar-refractivity contribution in [3.63, 3.8) is 0 Å². The van der Waals surface area contributed by atoms with Crippen LogP contribution in [0.5, 0.6) is 0 Å². The zero-order valence-corrected chi connectivity index (χ0v) is 13.3. The maximum Gasteiger partial charge on any atom is 0.225 e. The van der Waals surface area contributed by atoms with Gasteiger partial charge < -0.3 is 9.80 Å². The normalized spacial score (nSPS) is 15.5. The van der Waals surface area contributed by atoms with Gasteiger partial charge in [-0.2, -0.15) is 4.37 Å². The second-order valence-electron chi connectivity index (χ2n) is 5.47. The summed E-state index contributed by atoms with van der Waals surface area (Å²) >= 11 is 1.58.